The number of aliphatic hydroxyl groups is 1. The van der Waals surface area contributed by atoms with Crippen molar-refractivity contribution in [1.82, 2.24) is 0 Å². The minimum absolute atomic E-state index is 0.464. The van der Waals surface area contributed by atoms with Crippen molar-refractivity contribution in [3.63, 3.8) is 0 Å². The Bertz CT molecular complexity index is 419. The predicted molar refractivity (Wildman–Crippen MR) is 77.3 cm³/mol. The average Bonchev–Trinajstić information content (AvgIpc) is 2.33. The Hall–Kier alpha value is -0.730. The van der Waals surface area contributed by atoms with E-state index in [0.29, 0.717) is 12.0 Å². The molecule has 2 nitrogen and oxygen atoms in total. The molecule has 3 heteroatoms. The van der Waals surface area contributed by atoms with Crippen LogP contribution in [0.15, 0.2) is 18.2 Å². The maximum Gasteiger partial charge on any atom is 0.0762 e. The lowest BCUT2D eigenvalue weighted by atomic mass is 9.91. The molecule has 1 aliphatic heterocycles. The fourth-order valence-corrected chi connectivity index (χ4v) is 2.99. The Morgan fingerprint density at radius 3 is 2.72 bits per heavy atom. The molecular formula is C15H22ClNO. The highest BCUT2D eigenvalue weighted by atomic mass is 35.5. The van der Waals surface area contributed by atoms with Gasteiger partial charge in [0.2, 0.25) is 0 Å². The van der Waals surface area contributed by atoms with Crippen LogP contribution < -0.4 is 4.90 Å². The van der Waals surface area contributed by atoms with Gasteiger partial charge in [-0.15, -0.1) is 0 Å². The third kappa shape index (κ3) is 2.65. The van der Waals surface area contributed by atoms with Crippen LogP contribution in [-0.4, -0.2) is 17.7 Å². The van der Waals surface area contributed by atoms with Gasteiger partial charge in [0.25, 0.3) is 0 Å². The molecule has 1 aliphatic rings. The molecule has 2 rings (SSSR count). The summed E-state index contributed by atoms with van der Waals surface area (Å²) >= 11 is 6.37. The molecule has 3 atom stereocenters. The van der Waals surface area contributed by atoms with Gasteiger partial charge in [0.15, 0.2) is 0 Å². The lowest BCUT2D eigenvalue weighted by molar-refractivity contribution is 0.199. The van der Waals surface area contributed by atoms with Crippen molar-refractivity contribution in [3.8, 4) is 0 Å². The maximum atomic E-state index is 9.57. The van der Waals surface area contributed by atoms with Crippen LogP contribution in [0, 0.1) is 5.92 Å². The average molecular weight is 268 g/mol. The summed E-state index contributed by atoms with van der Waals surface area (Å²) in [6.45, 7) is 7.40. The Morgan fingerprint density at radius 1 is 1.39 bits per heavy atom. The van der Waals surface area contributed by atoms with Crippen LogP contribution >= 0.6 is 11.6 Å². The molecule has 0 bridgehead atoms. The van der Waals surface area contributed by atoms with Crippen molar-refractivity contribution in [1.29, 1.82) is 0 Å². The van der Waals surface area contributed by atoms with Crippen molar-refractivity contribution in [2.45, 2.75) is 45.8 Å². The number of anilines is 1. The summed E-state index contributed by atoms with van der Waals surface area (Å²) in [4.78, 5) is 2.39. The third-order valence-corrected chi connectivity index (χ3v) is 4.44. The summed E-state index contributed by atoms with van der Waals surface area (Å²) in [7, 11) is 0. The molecule has 0 aromatic heterocycles. The SMILES string of the molecule is CC1CCCN(c2ccc([C@@H](C)O)cc2Cl)C1C. The largest absolute Gasteiger partial charge is 0.389 e. The molecule has 1 heterocycles. The van der Waals surface area contributed by atoms with E-state index in [4.69, 9.17) is 11.6 Å². The van der Waals surface area contributed by atoms with Crippen LogP contribution in [-0.2, 0) is 0 Å². The standard InChI is InChI=1S/C15H22ClNO/c1-10-5-4-8-17(11(10)2)15-7-6-13(12(3)18)9-14(15)16/h6-7,9-12,18H,4-5,8H2,1-3H3/t10?,11?,12-/m1/s1. The molecule has 1 fully saturated rings. The molecule has 1 saturated heterocycles. The van der Waals surface area contributed by atoms with E-state index in [2.05, 4.69) is 18.7 Å². The van der Waals surface area contributed by atoms with Crippen LogP contribution in [0.1, 0.15) is 45.3 Å². The number of piperidine rings is 1. The summed E-state index contributed by atoms with van der Waals surface area (Å²) < 4.78 is 0. The van der Waals surface area contributed by atoms with E-state index in [0.717, 1.165) is 22.8 Å². The zero-order valence-corrected chi connectivity index (χ0v) is 12.1. The van der Waals surface area contributed by atoms with Crippen LogP contribution in [0.25, 0.3) is 0 Å². The predicted octanol–water partition coefficient (Wildman–Crippen LogP) is 4.02. The summed E-state index contributed by atoms with van der Waals surface area (Å²) in [6.07, 6.45) is 2.05. The Morgan fingerprint density at radius 2 is 2.11 bits per heavy atom. The van der Waals surface area contributed by atoms with Crippen molar-refractivity contribution in [2.24, 2.45) is 5.92 Å². The lowest BCUT2D eigenvalue weighted by Crippen LogP contribution is -2.42. The van der Waals surface area contributed by atoms with Gasteiger partial charge in [-0.3, -0.25) is 0 Å². The first-order valence-electron chi connectivity index (χ1n) is 6.75. The van der Waals surface area contributed by atoms with Crippen LogP contribution in [0.5, 0.6) is 0 Å². The van der Waals surface area contributed by atoms with E-state index >= 15 is 0 Å². The Balaban J connectivity index is 2.27. The van der Waals surface area contributed by atoms with Crippen LogP contribution in [0.4, 0.5) is 5.69 Å². The molecular weight excluding hydrogens is 246 g/mol. The van der Waals surface area contributed by atoms with Gasteiger partial charge in [-0.25, -0.2) is 0 Å². The Labute approximate surface area is 115 Å². The van der Waals surface area contributed by atoms with Gasteiger partial charge >= 0.3 is 0 Å². The molecule has 1 aromatic rings. The highest BCUT2D eigenvalue weighted by Crippen LogP contribution is 2.34. The second kappa shape index (κ2) is 5.50. The van der Waals surface area contributed by atoms with Crippen LogP contribution in [0.2, 0.25) is 5.02 Å². The molecule has 0 amide bonds. The normalized spacial score (nSPS) is 26.2. The van der Waals surface area contributed by atoms with E-state index in [1.165, 1.54) is 12.8 Å². The second-order valence-corrected chi connectivity index (χ2v) is 5.85. The first-order valence-corrected chi connectivity index (χ1v) is 7.12. The smallest absolute Gasteiger partial charge is 0.0762 e. The molecule has 2 unspecified atom stereocenters. The first-order chi connectivity index (χ1) is 8.50. The second-order valence-electron chi connectivity index (χ2n) is 5.44. The number of hydrogen-bond donors (Lipinski definition) is 1. The molecule has 100 valence electrons. The molecule has 18 heavy (non-hydrogen) atoms. The topological polar surface area (TPSA) is 23.5 Å². The fraction of sp³-hybridized carbons (Fsp3) is 0.600. The lowest BCUT2D eigenvalue weighted by Gasteiger charge is -2.40. The monoisotopic (exact) mass is 267 g/mol. The molecule has 0 spiro atoms. The van der Waals surface area contributed by atoms with E-state index < -0.39 is 6.10 Å². The molecule has 0 aliphatic carbocycles. The number of nitrogens with zero attached hydrogens (tertiary/aromatic N) is 1. The van der Waals surface area contributed by atoms with E-state index in [9.17, 15) is 5.11 Å². The Kier molecular flexibility index (Phi) is 4.18. The van der Waals surface area contributed by atoms with Gasteiger partial charge in [0, 0.05) is 12.6 Å². The number of hydrogen-bond acceptors (Lipinski definition) is 2. The number of aliphatic hydroxyl groups excluding tert-OH is 1. The first kappa shape index (κ1) is 13.7. The van der Waals surface area contributed by atoms with E-state index in [1.54, 1.807) is 6.92 Å². The van der Waals surface area contributed by atoms with E-state index in [1.807, 2.05) is 18.2 Å². The minimum atomic E-state index is -0.464. The van der Waals surface area contributed by atoms with Gasteiger partial charge in [0.05, 0.1) is 16.8 Å². The van der Waals surface area contributed by atoms with Crippen molar-refractivity contribution < 1.29 is 5.11 Å². The van der Waals surface area contributed by atoms with Gasteiger partial charge in [-0.05, 0) is 50.3 Å². The third-order valence-electron chi connectivity index (χ3n) is 4.14. The summed E-state index contributed by atoms with van der Waals surface area (Å²) in [5, 5.41) is 10.3. The number of rotatable bonds is 2. The minimum Gasteiger partial charge on any atom is -0.389 e. The number of halogens is 1. The van der Waals surface area contributed by atoms with Gasteiger partial charge in [-0.2, -0.15) is 0 Å². The van der Waals surface area contributed by atoms with Crippen molar-refractivity contribution in [2.75, 3.05) is 11.4 Å². The summed E-state index contributed by atoms with van der Waals surface area (Å²) in [5.41, 5.74) is 1.97. The van der Waals surface area contributed by atoms with Crippen molar-refractivity contribution >= 4 is 17.3 Å². The van der Waals surface area contributed by atoms with E-state index in [-0.39, 0.29) is 0 Å². The highest BCUT2D eigenvalue weighted by molar-refractivity contribution is 6.33. The molecule has 1 N–H and O–H groups in total. The molecule has 0 radical (unpaired) electrons. The van der Waals surface area contributed by atoms with Crippen LogP contribution in [0.3, 0.4) is 0 Å². The summed E-state index contributed by atoms with van der Waals surface area (Å²) in [5.74, 6) is 0.700. The fourth-order valence-electron chi connectivity index (χ4n) is 2.69. The zero-order chi connectivity index (χ0) is 13.3. The summed E-state index contributed by atoms with van der Waals surface area (Å²) in [6, 6.07) is 6.42. The molecule has 1 aromatic carbocycles. The quantitative estimate of drug-likeness (QED) is 0.875. The van der Waals surface area contributed by atoms with Gasteiger partial charge < -0.3 is 10.0 Å². The highest BCUT2D eigenvalue weighted by Gasteiger charge is 2.26. The number of benzene rings is 1. The maximum absolute atomic E-state index is 9.57. The zero-order valence-electron chi connectivity index (χ0n) is 11.4. The van der Waals surface area contributed by atoms with Gasteiger partial charge in [-0.1, -0.05) is 24.6 Å². The molecule has 0 saturated carbocycles. The van der Waals surface area contributed by atoms with Crippen molar-refractivity contribution in [3.05, 3.63) is 28.8 Å². The van der Waals surface area contributed by atoms with Gasteiger partial charge in [0.1, 0.15) is 0 Å².